The molecule has 2 heteroatoms. The van der Waals surface area contributed by atoms with Gasteiger partial charge in [0.15, 0.2) is 11.6 Å². The zero-order valence-electron chi connectivity index (χ0n) is 14.5. The summed E-state index contributed by atoms with van der Waals surface area (Å²) >= 11 is 0. The van der Waals surface area contributed by atoms with Crippen molar-refractivity contribution < 1.29 is 8.78 Å². The van der Waals surface area contributed by atoms with Crippen molar-refractivity contribution in [3.63, 3.8) is 0 Å². The van der Waals surface area contributed by atoms with E-state index in [4.69, 9.17) is 0 Å². The van der Waals surface area contributed by atoms with Gasteiger partial charge in [-0.2, -0.15) is 0 Å². The molecule has 0 N–H and O–H groups in total. The SMILES string of the molecule is C=CCCCc1ccc(C2=CCC(C3CCCC3)CC2)c(F)c1F. The number of rotatable bonds is 6. The van der Waals surface area contributed by atoms with Gasteiger partial charge in [-0.1, -0.05) is 50.0 Å². The number of hydrogen-bond donors (Lipinski definition) is 0. The van der Waals surface area contributed by atoms with Gasteiger partial charge in [-0.05, 0) is 61.5 Å². The van der Waals surface area contributed by atoms with Crippen LogP contribution in [0.5, 0.6) is 0 Å². The fourth-order valence-electron chi connectivity index (χ4n) is 4.42. The highest BCUT2D eigenvalue weighted by Gasteiger charge is 2.27. The van der Waals surface area contributed by atoms with E-state index in [0.29, 0.717) is 17.5 Å². The maximum Gasteiger partial charge on any atom is 0.166 e. The van der Waals surface area contributed by atoms with Gasteiger partial charge in [0, 0.05) is 5.56 Å². The zero-order chi connectivity index (χ0) is 16.9. The van der Waals surface area contributed by atoms with E-state index in [1.54, 1.807) is 12.1 Å². The largest absolute Gasteiger partial charge is 0.203 e. The Labute approximate surface area is 144 Å². The summed E-state index contributed by atoms with van der Waals surface area (Å²) in [5, 5.41) is 0. The van der Waals surface area contributed by atoms with E-state index in [1.807, 2.05) is 6.08 Å². The molecule has 1 unspecified atom stereocenters. The lowest BCUT2D eigenvalue weighted by molar-refractivity contribution is 0.317. The third kappa shape index (κ3) is 3.79. The molecule has 1 aromatic rings. The van der Waals surface area contributed by atoms with Crippen LogP contribution >= 0.6 is 0 Å². The molecule has 0 aromatic heterocycles. The van der Waals surface area contributed by atoms with Crippen LogP contribution in [0.1, 0.15) is 68.9 Å². The van der Waals surface area contributed by atoms with Crippen molar-refractivity contribution in [3.05, 3.63) is 53.6 Å². The summed E-state index contributed by atoms with van der Waals surface area (Å²) in [5.74, 6) is 0.297. The Balaban J connectivity index is 1.70. The lowest BCUT2D eigenvalue weighted by atomic mass is 9.78. The molecule has 0 radical (unpaired) electrons. The summed E-state index contributed by atoms with van der Waals surface area (Å²) in [5.41, 5.74) is 1.96. The predicted octanol–water partition coefficient (Wildman–Crippen LogP) is 6.85. The predicted molar refractivity (Wildman–Crippen MR) is 96.8 cm³/mol. The summed E-state index contributed by atoms with van der Waals surface area (Å²) in [7, 11) is 0. The van der Waals surface area contributed by atoms with Crippen LogP contribution in [0.15, 0.2) is 30.9 Å². The van der Waals surface area contributed by atoms with Gasteiger partial charge in [-0.15, -0.1) is 6.58 Å². The molecule has 0 heterocycles. The maximum atomic E-state index is 14.5. The van der Waals surface area contributed by atoms with Crippen molar-refractivity contribution in [2.45, 2.75) is 64.2 Å². The van der Waals surface area contributed by atoms with Crippen LogP contribution < -0.4 is 0 Å². The van der Waals surface area contributed by atoms with Gasteiger partial charge in [-0.3, -0.25) is 0 Å². The Morgan fingerprint density at radius 2 is 1.83 bits per heavy atom. The monoisotopic (exact) mass is 330 g/mol. The maximum absolute atomic E-state index is 14.5. The smallest absolute Gasteiger partial charge is 0.166 e. The van der Waals surface area contributed by atoms with Crippen LogP contribution in [0.2, 0.25) is 0 Å². The summed E-state index contributed by atoms with van der Waals surface area (Å²) in [4.78, 5) is 0. The molecule has 0 bridgehead atoms. The molecule has 1 saturated carbocycles. The number of unbranched alkanes of at least 4 members (excludes halogenated alkanes) is 1. The van der Waals surface area contributed by atoms with Gasteiger partial charge in [0.05, 0.1) is 0 Å². The standard InChI is InChI=1S/C22H28F2/c1-2-3-4-9-19-14-15-20(22(24)21(19)23)18-12-10-17(11-13-18)16-7-5-6-8-16/h2,12,14-17H,1,3-11,13H2. The molecule has 0 nitrogen and oxygen atoms in total. The lowest BCUT2D eigenvalue weighted by Gasteiger charge is -2.27. The van der Waals surface area contributed by atoms with Crippen LogP contribution in [0.25, 0.3) is 5.57 Å². The first-order chi connectivity index (χ1) is 11.7. The summed E-state index contributed by atoms with van der Waals surface area (Å²) < 4.78 is 28.9. The molecule has 24 heavy (non-hydrogen) atoms. The minimum Gasteiger partial charge on any atom is -0.203 e. The third-order valence-corrected chi connectivity index (χ3v) is 5.88. The van der Waals surface area contributed by atoms with Crippen LogP contribution in [-0.2, 0) is 6.42 Å². The van der Waals surface area contributed by atoms with E-state index >= 15 is 0 Å². The molecular weight excluding hydrogens is 302 g/mol. The molecule has 1 atom stereocenters. The van der Waals surface area contributed by atoms with E-state index in [2.05, 4.69) is 12.7 Å². The first-order valence-corrected chi connectivity index (χ1v) is 9.48. The molecule has 2 aliphatic rings. The molecule has 130 valence electrons. The average molecular weight is 330 g/mol. The number of allylic oxidation sites excluding steroid dienone is 3. The van der Waals surface area contributed by atoms with E-state index < -0.39 is 11.6 Å². The average Bonchev–Trinajstić information content (AvgIpc) is 3.14. The van der Waals surface area contributed by atoms with E-state index in [9.17, 15) is 8.78 Å². The fourth-order valence-corrected chi connectivity index (χ4v) is 4.42. The topological polar surface area (TPSA) is 0 Å². The lowest BCUT2D eigenvalue weighted by Crippen LogP contribution is -2.14. The van der Waals surface area contributed by atoms with Crippen LogP contribution in [0.4, 0.5) is 8.78 Å². The zero-order valence-corrected chi connectivity index (χ0v) is 14.5. The summed E-state index contributed by atoms with van der Waals surface area (Å²) in [6.07, 6.45) is 14.7. The normalized spacial score (nSPS) is 21.8. The highest BCUT2D eigenvalue weighted by Crippen LogP contribution is 2.41. The van der Waals surface area contributed by atoms with Crippen molar-refractivity contribution in [2.24, 2.45) is 11.8 Å². The highest BCUT2D eigenvalue weighted by atomic mass is 19.2. The quantitative estimate of drug-likeness (QED) is 0.395. The fraction of sp³-hybridized carbons (Fsp3) is 0.545. The molecule has 2 aliphatic carbocycles. The van der Waals surface area contributed by atoms with Crippen LogP contribution in [-0.4, -0.2) is 0 Å². The molecule has 0 aliphatic heterocycles. The number of aryl methyl sites for hydroxylation is 1. The highest BCUT2D eigenvalue weighted by molar-refractivity contribution is 5.67. The Morgan fingerprint density at radius 3 is 2.50 bits per heavy atom. The first-order valence-electron chi connectivity index (χ1n) is 9.48. The Hall–Kier alpha value is -1.44. The Bertz CT molecular complexity index is 609. The Morgan fingerprint density at radius 1 is 1.04 bits per heavy atom. The van der Waals surface area contributed by atoms with Gasteiger partial charge in [0.25, 0.3) is 0 Å². The van der Waals surface area contributed by atoms with E-state index in [0.717, 1.165) is 49.5 Å². The van der Waals surface area contributed by atoms with Crippen molar-refractivity contribution in [2.75, 3.05) is 0 Å². The first kappa shape index (κ1) is 17.4. The number of hydrogen-bond acceptors (Lipinski definition) is 0. The second-order valence-electron chi connectivity index (χ2n) is 7.39. The van der Waals surface area contributed by atoms with Crippen molar-refractivity contribution in [3.8, 4) is 0 Å². The summed E-state index contributed by atoms with van der Waals surface area (Å²) in [6, 6.07) is 3.55. The Kier molecular flexibility index (Phi) is 5.86. The van der Waals surface area contributed by atoms with Crippen molar-refractivity contribution in [1.82, 2.24) is 0 Å². The minimum atomic E-state index is -0.657. The number of benzene rings is 1. The van der Waals surface area contributed by atoms with Crippen molar-refractivity contribution >= 4 is 5.57 Å². The van der Waals surface area contributed by atoms with Crippen molar-refractivity contribution in [1.29, 1.82) is 0 Å². The summed E-state index contributed by atoms with van der Waals surface area (Å²) in [6.45, 7) is 3.67. The third-order valence-electron chi connectivity index (χ3n) is 5.88. The van der Waals surface area contributed by atoms with Gasteiger partial charge in [-0.25, -0.2) is 8.78 Å². The van der Waals surface area contributed by atoms with E-state index in [-0.39, 0.29) is 0 Å². The van der Waals surface area contributed by atoms with Gasteiger partial charge >= 0.3 is 0 Å². The molecule has 0 saturated heterocycles. The molecule has 1 fully saturated rings. The minimum absolute atomic E-state index is 0.477. The van der Waals surface area contributed by atoms with Gasteiger partial charge < -0.3 is 0 Å². The molecule has 0 spiro atoms. The molecule has 1 aromatic carbocycles. The number of halogens is 2. The second kappa shape index (κ2) is 8.09. The molecule has 0 amide bonds. The van der Waals surface area contributed by atoms with Crippen LogP contribution in [0.3, 0.4) is 0 Å². The van der Waals surface area contributed by atoms with Gasteiger partial charge in [0.1, 0.15) is 0 Å². The second-order valence-corrected chi connectivity index (χ2v) is 7.39. The molecular formula is C22H28F2. The van der Waals surface area contributed by atoms with Crippen LogP contribution in [0, 0.1) is 23.5 Å². The van der Waals surface area contributed by atoms with Gasteiger partial charge in [0.2, 0.25) is 0 Å². The van der Waals surface area contributed by atoms with E-state index in [1.165, 1.54) is 25.7 Å². The molecule has 3 rings (SSSR count).